The van der Waals surface area contributed by atoms with Gasteiger partial charge in [0.05, 0.1) is 7.11 Å². The lowest BCUT2D eigenvalue weighted by Crippen LogP contribution is -2.43. The van der Waals surface area contributed by atoms with Crippen LogP contribution in [0, 0.1) is 5.92 Å². The molecule has 0 amide bonds. The summed E-state index contributed by atoms with van der Waals surface area (Å²) in [4.78, 5) is 49.1. The molecule has 11 heteroatoms. The van der Waals surface area contributed by atoms with Crippen LogP contribution in [0.15, 0.2) is 18.2 Å². The number of nitrogens with one attached hydrogen (secondary N) is 1. The smallest absolute Gasteiger partial charge is 0.468 e. The molecule has 1 N–H and O–H groups in total. The minimum absolute atomic E-state index is 0.0531. The summed E-state index contributed by atoms with van der Waals surface area (Å²) in [5.74, 6) is -0.580. The second kappa shape index (κ2) is 18.1. The molecule has 0 spiro atoms. The van der Waals surface area contributed by atoms with Crippen molar-refractivity contribution in [3.63, 3.8) is 0 Å². The molecule has 0 saturated carbocycles. The molecule has 40 heavy (non-hydrogen) atoms. The van der Waals surface area contributed by atoms with E-state index in [2.05, 4.69) is 5.32 Å². The number of methoxy groups -OCH3 is 1. The molecule has 0 fully saturated rings. The van der Waals surface area contributed by atoms with Gasteiger partial charge in [0.2, 0.25) is 0 Å². The fourth-order valence-corrected chi connectivity index (χ4v) is 3.22. The number of esters is 2. The first-order valence-corrected chi connectivity index (χ1v) is 13.8. The molecule has 1 aromatic carbocycles. The van der Waals surface area contributed by atoms with E-state index in [0.29, 0.717) is 30.7 Å². The Hall–Kier alpha value is -3.34. The molecule has 0 aromatic heterocycles. The zero-order valence-corrected chi connectivity index (χ0v) is 24.9. The van der Waals surface area contributed by atoms with Gasteiger partial charge in [0.1, 0.15) is 24.4 Å². The highest BCUT2D eigenvalue weighted by Crippen LogP contribution is 2.30. The summed E-state index contributed by atoms with van der Waals surface area (Å²) in [6.07, 6.45) is -0.787. The van der Waals surface area contributed by atoms with Crippen molar-refractivity contribution < 1.29 is 47.6 Å². The summed E-state index contributed by atoms with van der Waals surface area (Å²) in [6.45, 7) is 13.1. The third-order valence-corrected chi connectivity index (χ3v) is 5.98. The summed E-state index contributed by atoms with van der Waals surface area (Å²) in [5.41, 5.74) is 0.568. The molecule has 3 unspecified atom stereocenters. The van der Waals surface area contributed by atoms with Gasteiger partial charge in [-0.3, -0.25) is 9.59 Å². The molecule has 226 valence electrons. The highest BCUT2D eigenvalue weighted by molar-refractivity contribution is 5.76. The van der Waals surface area contributed by atoms with Crippen molar-refractivity contribution in [1.82, 2.24) is 5.32 Å². The van der Waals surface area contributed by atoms with Crippen LogP contribution in [0.3, 0.4) is 0 Å². The highest BCUT2D eigenvalue weighted by atomic mass is 16.7. The number of ether oxygens (including phenoxy) is 6. The van der Waals surface area contributed by atoms with Gasteiger partial charge in [-0.15, -0.1) is 0 Å². The number of benzene rings is 1. The molecule has 0 radical (unpaired) electrons. The number of rotatable bonds is 16. The molecule has 0 heterocycles. The number of carbonyl (C=O) groups excluding carboxylic acids is 4. The fraction of sp³-hybridized carbons (Fsp3) is 0.655. The Bertz CT molecular complexity index is 964. The SMILES string of the molecule is CCC(C)OC(=O)Oc1ccc(C[C@H](NCC(C)OC(=O)CCC(C)C)C(=O)OC)cc1OC(=O)OC(C)CC. The maximum absolute atomic E-state index is 12.5. The lowest BCUT2D eigenvalue weighted by Gasteiger charge is -2.21. The van der Waals surface area contributed by atoms with Crippen LogP contribution >= 0.6 is 0 Å². The lowest BCUT2D eigenvalue weighted by molar-refractivity contribution is -0.148. The van der Waals surface area contributed by atoms with Crippen LogP contribution in [0.25, 0.3) is 0 Å². The van der Waals surface area contributed by atoms with Gasteiger partial charge < -0.3 is 33.7 Å². The summed E-state index contributed by atoms with van der Waals surface area (Å²) in [5, 5.41) is 3.07. The van der Waals surface area contributed by atoms with E-state index in [-0.39, 0.29) is 42.6 Å². The van der Waals surface area contributed by atoms with Crippen molar-refractivity contribution in [3.05, 3.63) is 23.8 Å². The third-order valence-electron chi connectivity index (χ3n) is 5.98. The molecule has 0 aliphatic heterocycles. The van der Waals surface area contributed by atoms with E-state index in [1.807, 2.05) is 27.7 Å². The largest absolute Gasteiger partial charge is 0.514 e. The average Bonchev–Trinajstić information content (AvgIpc) is 2.90. The Labute approximate surface area is 237 Å². The Kier molecular flexibility index (Phi) is 15.7. The van der Waals surface area contributed by atoms with E-state index in [0.717, 1.165) is 6.42 Å². The van der Waals surface area contributed by atoms with Gasteiger partial charge in [0.25, 0.3) is 0 Å². The van der Waals surface area contributed by atoms with Crippen molar-refractivity contribution in [2.45, 2.75) is 105 Å². The first-order chi connectivity index (χ1) is 18.9. The van der Waals surface area contributed by atoms with E-state index in [9.17, 15) is 19.2 Å². The minimum Gasteiger partial charge on any atom is -0.468 e. The van der Waals surface area contributed by atoms with Crippen LogP contribution in [-0.2, 0) is 35.0 Å². The maximum atomic E-state index is 12.5. The Morgan fingerprint density at radius 1 is 0.800 bits per heavy atom. The number of carbonyl (C=O) groups is 4. The van der Waals surface area contributed by atoms with Gasteiger partial charge in [-0.1, -0.05) is 33.8 Å². The van der Waals surface area contributed by atoms with Gasteiger partial charge in [0.15, 0.2) is 11.5 Å². The fourth-order valence-electron chi connectivity index (χ4n) is 3.22. The molecule has 1 rings (SSSR count). The van der Waals surface area contributed by atoms with Crippen LogP contribution in [-0.4, -0.2) is 62.3 Å². The van der Waals surface area contributed by atoms with Gasteiger partial charge in [-0.25, -0.2) is 9.59 Å². The van der Waals surface area contributed by atoms with E-state index in [4.69, 9.17) is 28.4 Å². The van der Waals surface area contributed by atoms with E-state index in [1.54, 1.807) is 26.8 Å². The molecule has 11 nitrogen and oxygen atoms in total. The van der Waals surface area contributed by atoms with E-state index in [1.165, 1.54) is 19.2 Å². The zero-order valence-electron chi connectivity index (χ0n) is 24.9. The Morgan fingerprint density at radius 3 is 1.90 bits per heavy atom. The van der Waals surface area contributed by atoms with E-state index >= 15 is 0 Å². The first-order valence-electron chi connectivity index (χ1n) is 13.8. The highest BCUT2D eigenvalue weighted by Gasteiger charge is 2.24. The van der Waals surface area contributed by atoms with Crippen molar-refractivity contribution in [2.24, 2.45) is 5.92 Å². The van der Waals surface area contributed by atoms with Gasteiger partial charge in [-0.2, -0.15) is 0 Å². The standard InChI is InChI=1S/C29H45NO10/c1-9-19(5)37-28(33)39-24-13-12-22(16-25(24)40-29(34)38-20(6)10-2)15-23(27(32)35-8)30-17-21(7)36-26(31)14-11-18(3)4/h12-13,16,18-21,23,30H,9-11,14-15,17H2,1-8H3/t19?,20?,21?,23-/m0/s1. The summed E-state index contributed by atoms with van der Waals surface area (Å²) in [6, 6.07) is 3.72. The molecular formula is C29H45NO10. The molecule has 0 saturated heterocycles. The minimum atomic E-state index is -0.970. The second-order valence-corrected chi connectivity index (χ2v) is 10.1. The quantitative estimate of drug-likeness (QED) is 0.157. The summed E-state index contributed by atoms with van der Waals surface area (Å²) in [7, 11) is 1.27. The van der Waals surface area contributed by atoms with Crippen molar-refractivity contribution in [1.29, 1.82) is 0 Å². The first kappa shape index (κ1) is 34.7. The van der Waals surface area contributed by atoms with Crippen LogP contribution in [0.1, 0.15) is 79.7 Å². The summed E-state index contributed by atoms with van der Waals surface area (Å²) < 4.78 is 31.3. The molecule has 0 aliphatic rings. The number of hydrogen-bond acceptors (Lipinski definition) is 11. The van der Waals surface area contributed by atoms with Crippen molar-refractivity contribution in [2.75, 3.05) is 13.7 Å². The predicted molar refractivity (Wildman–Crippen MR) is 147 cm³/mol. The molecule has 0 bridgehead atoms. The normalized spacial score (nSPS) is 13.9. The molecule has 4 atom stereocenters. The monoisotopic (exact) mass is 567 g/mol. The van der Waals surface area contributed by atoms with Crippen LogP contribution in [0.2, 0.25) is 0 Å². The topological polar surface area (TPSA) is 136 Å². The average molecular weight is 568 g/mol. The summed E-state index contributed by atoms with van der Waals surface area (Å²) >= 11 is 0. The molecular weight excluding hydrogens is 522 g/mol. The van der Waals surface area contributed by atoms with Crippen LogP contribution in [0.4, 0.5) is 9.59 Å². The molecule has 1 aromatic rings. The van der Waals surface area contributed by atoms with Gasteiger partial charge in [0, 0.05) is 13.0 Å². The van der Waals surface area contributed by atoms with Crippen molar-refractivity contribution in [3.8, 4) is 11.5 Å². The van der Waals surface area contributed by atoms with Crippen molar-refractivity contribution >= 4 is 24.2 Å². The lowest BCUT2D eigenvalue weighted by atomic mass is 10.0. The second-order valence-electron chi connectivity index (χ2n) is 10.1. The Morgan fingerprint density at radius 2 is 1.38 bits per heavy atom. The van der Waals surface area contributed by atoms with Crippen LogP contribution < -0.4 is 14.8 Å². The van der Waals surface area contributed by atoms with Crippen LogP contribution in [0.5, 0.6) is 11.5 Å². The maximum Gasteiger partial charge on any atom is 0.514 e. The Balaban J connectivity index is 3.04. The van der Waals surface area contributed by atoms with E-state index < -0.39 is 30.4 Å². The predicted octanol–water partition coefficient (Wildman–Crippen LogP) is 5.36. The zero-order chi connectivity index (χ0) is 30.2. The van der Waals surface area contributed by atoms with Gasteiger partial charge >= 0.3 is 24.2 Å². The van der Waals surface area contributed by atoms with Gasteiger partial charge in [-0.05, 0) is 70.1 Å². The third kappa shape index (κ3) is 13.6. The number of hydrogen-bond donors (Lipinski definition) is 1. The molecule has 0 aliphatic carbocycles.